The van der Waals surface area contributed by atoms with Crippen LogP contribution in [0, 0.1) is 29.1 Å². The number of carbonyl (C=O) groups is 1. The Kier molecular flexibility index (Phi) is 6.75. The SMILES string of the molecule is COc1cccc(C#Cc2ccc([C@@H]3[C@@H](CO)N(C(=O)C4CCOCC4)[C@H]3C#N)cc2)c1. The Balaban J connectivity index is 1.49. The van der Waals surface area contributed by atoms with Gasteiger partial charge in [-0.2, -0.15) is 5.26 Å². The minimum Gasteiger partial charge on any atom is -0.497 e. The topological polar surface area (TPSA) is 82.8 Å². The molecular weight excluding hydrogens is 404 g/mol. The van der Waals surface area contributed by atoms with Crippen molar-refractivity contribution in [1.82, 2.24) is 4.90 Å². The van der Waals surface area contributed by atoms with E-state index < -0.39 is 6.04 Å². The van der Waals surface area contributed by atoms with Crippen LogP contribution in [0.5, 0.6) is 5.75 Å². The maximum Gasteiger partial charge on any atom is 0.227 e. The first kappa shape index (κ1) is 21.9. The van der Waals surface area contributed by atoms with Gasteiger partial charge in [0.1, 0.15) is 11.8 Å². The largest absolute Gasteiger partial charge is 0.497 e. The van der Waals surface area contributed by atoms with Crippen molar-refractivity contribution in [3.63, 3.8) is 0 Å². The number of ether oxygens (including phenoxy) is 2. The Morgan fingerprint density at radius 1 is 1.16 bits per heavy atom. The maximum atomic E-state index is 13.0. The van der Waals surface area contributed by atoms with Gasteiger partial charge in [0.2, 0.25) is 5.91 Å². The summed E-state index contributed by atoms with van der Waals surface area (Å²) >= 11 is 0. The van der Waals surface area contributed by atoms with Gasteiger partial charge < -0.3 is 19.5 Å². The standard InChI is InChI=1S/C26H26N2O4/c1-31-22-4-2-3-19(15-22)6-5-18-7-9-20(10-8-18)25-23(16-27)28(24(25)17-29)26(30)21-11-13-32-14-12-21/h2-4,7-10,15,21,23-25,29H,11-14,17H2,1H3/t23-,24+,25-/m0/s1. The maximum absolute atomic E-state index is 13.0. The molecule has 3 atom stereocenters. The van der Waals surface area contributed by atoms with E-state index in [9.17, 15) is 15.2 Å². The summed E-state index contributed by atoms with van der Waals surface area (Å²) < 4.78 is 10.6. The second-order valence-electron chi connectivity index (χ2n) is 8.09. The molecule has 0 bridgehead atoms. The molecule has 1 N–H and O–H groups in total. The molecule has 0 radical (unpaired) electrons. The second-order valence-corrected chi connectivity index (χ2v) is 8.09. The minimum absolute atomic E-state index is 0.0454. The Bertz CT molecular complexity index is 1060. The molecule has 2 heterocycles. The van der Waals surface area contributed by atoms with Crippen molar-refractivity contribution in [3.05, 3.63) is 65.2 Å². The number of amides is 1. The normalized spacial score (nSPS) is 22.8. The summed E-state index contributed by atoms with van der Waals surface area (Å²) in [6, 6.07) is 16.6. The summed E-state index contributed by atoms with van der Waals surface area (Å²) in [7, 11) is 1.62. The molecule has 0 spiro atoms. The average Bonchev–Trinajstić information content (AvgIpc) is 2.84. The van der Waals surface area contributed by atoms with Crippen molar-refractivity contribution in [1.29, 1.82) is 5.26 Å². The Labute approximate surface area is 188 Å². The zero-order valence-corrected chi connectivity index (χ0v) is 18.0. The van der Waals surface area contributed by atoms with Crippen LogP contribution in [-0.4, -0.2) is 54.9 Å². The van der Waals surface area contributed by atoms with Gasteiger partial charge in [-0.3, -0.25) is 4.79 Å². The highest BCUT2D eigenvalue weighted by molar-refractivity contribution is 5.81. The fourth-order valence-electron chi connectivity index (χ4n) is 4.50. The highest BCUT2D eigenvalue weighted by atomic mass is 16.5. The molecule has 1 amide bonds. The first-order valence-electron chi connectivity index (χ1n) is 10.8. The van der Waals surface area contributed by atoms with Gasteiger partial charge in [0, 0.05) is 36.2 Å². The van der Waals surface area contributed by atoms with Gasteiger partial charge in [-0.25, -0.2) is 0 Å². The van der Waals surface area contributed by atoms with Gasteiger partial charge in [0.05, 0.1) is 25.8 Å². The first-order chi connectivity index (χ1) is 15.7. The van der Waals surface area contributed by atoms with Gasteiger partial charge in [-0.1, -0.05) is 30.0 Å². The number of benzene rings is 2. The Morgan fingerprint density at radius 3 is 2.53 bits per heavy atom. The van der Waals surface area contributed by atoms with Crippen LogP contribution in [0.25, 0.3) is 0 Å². The molecule has 4 rings (SSSR count). The van der Waals surface area contributed by atoms with Crippen LogP contribution in [0.4, 0.5) is 0 Å². The third-order valence-electron chi connectivity index (χ3n) is 6.27. The monoisotopic (exact) mass is 430 g/mol. The number of aliphatic hydroxyl groups excluding tert-OH is 1. The molecule has 2 saturated heterocycles. The van der Waals surface area contributed by atoms with E-state index in [4.69, 9.17) is 9.47 Å². The number of methoxy groups -OCH3 is 1. The van der Waals surface area contributed by atoms with Crippen molar-refractivity contribution in [3.8, 4) is 23.7 Å². The second kappa shape index (κ2) is 9.87. The van der Waals surface area contributed by atoms with Gasteiger partial charge in [-0.05, 0) is 48.7 Å². The van der Waals surface area contributed by atoms with Crippen LogP contribution < -0.4 is 4.74 Å². The van der Waals surface area contributed by atoms with E-state index >= 15 is 0 Å². The molecule has 2 aliphatic rings. The summed E-state index contributed by atoms with van der Waals surface area (Å²) in [6.45, 7) is 0.953. The molecule has 6 heteroatoms. The van der Waals surface area contributed by atoms with Crippen LogP contribution in [0.15, 0.2) is 48.5 Å². The van der Waals surface area contributed by atoms with Gasteiger partial charge in [0.15, 0.2) is 0 Å². The van der Waals surface area contributed by atoms with E-state index in [0.717, 1.165) is 22.4 Å². The highest BCUT2D eigenvalue weighted by Crippen LogP contribution is 2.42. The third-order valence-corrected chi connectivity index (χ3v) is 6.27. The van der Waals surface area contributed by atoms with E-state index in [2.05, 4.69) is 17.9 Å². The van der Waals surface area contributed by atoms with Gasteiger partial charge >= 0.3 is 0 Å². The van der Waals surface area contributed by atoms with Gasteiger partial charge in [0.25, 0.3) is 0 Å². The van der Waals surface area contributed by atoms with Crippen molar-refractivity contribution in [2.75, 3.05) is 26.9 Å². The van der Waals surface area contributed by atoms with Crippen molar-refractivity contribution in [2.45, 2.75) is 30.8 Å². The van der Waals surface area contributed by atoms with Crippen LogP contribution in [0.3, 0.4) is 0 Å². The van der Waals surface area contributed by atoms with Crippen LogP contribution in [-0.2, 0) is 9.53 Å². The molecule has 164 valence electrons. The van der Waals surface area contributed by atoms with E-state index in [1.807, 2.05) is 48.5 Å². The summed E-state index contributed by atoms with van der Waals surface area (Å²) in [6.07, 6.45) is 1.33. The number of likely N-dealkylation sites (tertiary alicyclic amines) is 1. The van der Waals surface area contributed by atoms with Crippen LogP contribution in [0.2, 0.25) is 0 Å². The predicted molar refractivity (Wildman–Crippen MR) is 119 cm³/mol. The quantitative estimate of drug-likeness (QED) is 0.755. The molecule has 6 nitrogen and oxygen atoms in total. The fourth-order valence-corrected chi connectivity index (χ4v) is 4.50. The lowest BCUT2D eigenvalue weighted by Crippen LogP contribution is -2.66. The lowest BCUT2D eigenvalue weighted by molar-refractivity contribution is -0.154. The number of carbonyl (C=O) groups excluding carboxylic acids is 1. The predicted octanol–water partition coefficient (Wildman–Crippen LogP) is 2.70. The lowest BCUT2D eigenvalue weighted by Gasteiger charge is -2.52. The van der Waals surface area contributed by atoms with E-state index in [1.165, 1.54) is 0 Å². The molecule has 0 unspecified atom stereocenters. The number of aliphatic hydroxyl groups is 1. The molecule has 0 aliphatic carbocycles. The van der Waals surface area contributed by atoms with Crippen LogP contribution in [0.1, 0.15) is 35.4 Å². The minimum atomic E-state index is -0.573. The Hall–Kier alpha value is -3.32. The van der Waals surface area contributed by atoms with E-state index in [-0.39, 0.29) is 30.4 Å². The zero-order chi connectivity index (χ0) is 22.5. The zero-order valence-electron chi connectivity index (χ0n) is 18.0. The molecular formula is C26H26N2O4. The molecule has 0 saturated carbocycles. The summed E-state index contributed by atoms with van der Waals surface area (Å²) in [5.74, 6) is 6.63. The first-order valence-corrected chi connectivity index (χ1v) is 10.8. The van der Waals surface area contributed by atoms with Crippen molar-refractivity contribution < 1.29 is 19.4 Å². The van der Waals surface area contributed by atoms with Crippen LogP contribution >= 0.6 is 0 Å². The smallest absolute Gasteiger partial charge is 0.227 e. The number of hydrogen-bond donors (Lipinski definition) is 1. The molecule has 0 aromatic heterocycles. The molecule has 2 aromatic rings. The number of hydrogen-bond acceptors (Lipinski definition) is 5. The molecule has 2 aliphatic heterocycles. The number of nitriles is 1. The highest BCUT2D eigenvalue weighted by Gasteiger charge is 2.52. The average molecular weight is 431 g/mol. The fraction of sp³-hybridized carbons (Fsp3) is 0.385. The molecule has 32 heavy (non-hydrogen) atoms. The lowest BCUT2D eigenvalue weighted by atomic mass is 9.74. The number of nitrogens with zero attached hydrogens (tertiary/aromatic N) is 2. The number of rotatable bonds is 4. The van der Waals surface area contributed by atoms with E-state index in [0.29, 0.717) is 26.1 Å². The summed E-state index contributed by atoms with van der Waals surface area (Å²) in [5, 5.41) is 19.8. The third kappa shape index (κ3) is 4.34. The van der Waals surface area contributed by atoms with Gasteiger partial charge in [-0.15, -0.1) is 0 Å². The Morgan fingerprint density at radius 2 is 1.88 bits per heavy atom. The van der Waals surface area contributed by atoms with Crippen molar-refractivity contribution >= 4 is 5.91 Å². The van der Waals surface area contributed by atoms with Crippen molar-refractivity contribution in [2.24, 2.45) is 5.92 Å². The van der Waals surface area contributed by atoms with E-state index in [1.54, 1.807) is 12.0 Å². The summed E-state index contributed by atoms with van der Waals surface area (Å²) in [4.78, 5) is 14.6. The summed E-state index contributed by atoms with van der Waals surface area (Å²) in [5.41, 5.74) is 2.64. The molecule has 2 fully saturated rings. The molecule has 2 aromatic carbocycles.